The molecule has 1 aliphatic carbocycles. The van der Waals surface area contributed by atoms with Gasteiger partial charge in [-0.05, 0) is 30.5 Å². The fraction of sp³-hybridized carbons (Fsp3) is 0.500. The molecular formula is C12H15ClN6O. The van der Waals surface area contributed by atoms with Crippen LogP contribution >= 0.6 is 11.6 Å². The summed E-state index contributed by atoms with van der Waals surface area (Å²) >= 11 is 5.92. The van der Waals surface area contributed by atoms with E-state index in [1.165, 1.54) is 4.68 Å². The smallest absolute Gasteiger partial charge is 0.256 e. The zero-order valence-corrected chi connectivity index (χ0v) is 11.5. The SMILES string of the molecule is OC1CCCCC1Nc1nc(Cl)nc(-n2cccn2)n1. The molecule has 1 aliphatic rings. The Morgan fingerprint density at radius 2 is 2.10 bits per heavy atom. The summed E-state index contributed by atoms with van der Waals surface area (Å²) in [4.78, 5) is 12.4. The van der Waals surface area contributed by atoms with Gasteiger partial charge < -0.3 is 10.4 Å². The molecule has 2 heterocycles. The van der Waals surface area contributed by atoms with Crippen LogP contribution in [0.4, 0.5) is 5.95 Å². The van der Waals surface area contributed by atoms with Crippen LogP contribution in [-0.2, 0) is 0 Å². The molecule has 2 aromatic rings. The van der Waals surface area contributed by atoms with E-state index in [2.05, 4.69) is 25.4 Å². The first-order valence-corrected chi connectivity index (χ1v) is 6.96. The lowest BCUT2D eigenvalue weighted by molar-refractivity contribution is 0.116. The molecule has 2 atom stereocenters. The lowest BCUT2D eigenvalue weighted by Gasteiger charge is -2.28. The molecule has 2 aromatic heterocycles. The minimum atomic E-state index is -0.382. The monoisotopic (exact) mass is 294 g/mol. The van der Waals surface area contributed by atoms with Gasteiger partial charge in [-0.1, -0.05) is 12.8 Å². The molecule has 0 spiro atoms. The second-order valence-electron chi connectivity index (χ2n) is 4.78. The average Bonchev–Trinajstić information content (AvgIpc) is 2.95. The molecule has 2 unspecified atom stereocenters. The quantitative estimate of drug-likeness (QED) is 0.890. The Balaban J connectivity index is 1.82. The Bertz CT molecular complexity index is 575. The van der Waals surface area contributed by atoms with Crippen molar-refractivity contribution in [2.45, 2.75) is 37.8 Å². The van der Waals surface area contributed by atoms with E-state index in [0.29, 0.717) is 11.9 Å². The predicted molar refractivity (Wildman–Crippen MR) is 73.8 cm³/mol. The molecule has 20 heavy (non-hydrogen) atoms. The van der Waals surface area contributed by atoms with Crippen molar-refractivity contribution in [3.8, 4) is 5.95 Å². The summed E-state index contributed by atoms with van der Waals surface area (Å²) in [6.45, 7) is 0. The summed E-state index contributed by atoms with van der Waals surface area (Å²) in [5, 5.41) is 17.3. The van der Waals surface area contributed by atoms with E-state index in [0.717, 1.165) is 25.7 Å². The highest BCUT2D eigenvalue weighted by atomic mass is 35.5. The van der Waals surface area contributed by atoms with Crippen LogP contribution in [0.1, 0.15) is 25.7 Å². The third kappa shape index (κ3) is 2.88. The number of anilines is 1. The fourth-order valence-corrected chi connectivity index (χ4v) is 2.49. The second-order valence-corrected chi connectivity index (χ2v) is 5.12. The Kier molecular flexibility index (Phi) is 3.79. The van der Waals surface area contributed by atoms with Crippen LogP contribution < -0.4 is 5.32 Å². The number of halogens is 1. The molecule has 7 nitrogen and oxygen atoms in total. The average molecular weight is 295 g/mol. The van der Waals surface area contributed by atoms with E-state index in [1.807, 2.05) is 0 Å². The maximum atomic E-state index is 9.97. The first kappa shape index (κ1) is 13.3. The van der Waals surface area contributed by atoms with Crippen LogP contribution in [0.15, 0.2) is 18.5 Å². The van der Waals surface area contributed by atoms with Crippen LogP contribution in [0.3, 0.4) is 0 Å². The summed E-state index contributed by atoms with van der Waals surface area (Å²) in [5.74, 6) is 0.712. The van der Waals surface area contributed by atoms with E-state index in [9.17, 15) is 5.11 Å². The number of rotatable bonds is 3. The van der Waals surface area contributed by atoms with Gasteiger partial charge in [0.25, 0.3) is 5.95 Å². The van der Waals surface area contributed by atoms with Crippen LogP contribution in [0.5, 0.6) is 0 Å². The maximum Gasteiger partial charge on any atom is 0.256 e. The molecule has 0 saturated heterocycles. The van der Waals surface area contributed by atoms with Gasteiger partial charge >= 0.3 is 0 Å². The van der Waals surface area contributed by atoms with Gasteiger partial charge in [0, 0.05) is 12.4 Å². The van der Waals surface area contributed by atoms with Gasteiger partial charge in [-0.3, -0.25) is 0 Å². The van der Waals surface area contributed by atoms with Gasteiger partial charge in [0.15, 0.2) is 0 Å². The number of nitrogens with one attached hydrogen (secondary N) is 1. The second kappa shape index (κ2) is 5.72. The number of aliphatic hydroxyl groups excluding tert-OH is 1. The maximum absolute atomic E-state index is 9.97. The lowest BCUT2D eigenvalue weighted by atomic mass is 9.93. The molecular weight excluding hydrogens is 280 g/mol. The van der Waals surface area contributed by atoms with Crippen LogP contribution in [0.25, 0.3) is 5.95 Å². The Morgan fingerprint density at radius 3 is 2.85 bits per heavy atom. The van der Waals surface area contributed by atoms with E-state index >= 15 is 0 Å². The van der Waals surface area contributed by atoms with Gasteiger partial charge in [0.05, 0.1) is 12.1 Å². The van der Waals surface area contributed by atoms with Gasteiger partial charge in [-0.15, -0.1) is 0 Å². The highest BCUT2D eigenvalue weighted by Crippen LogP contribution is 2.21. The van der Waals surface area contributed by atoms with E-state index in [4.69, 9.17) is 11.6 Å². The normalized spacial score (nSPS) is 22.7. The largest absolute Gasteiger partial charge is 0.391 e. The number of hydrogen-bond acceptors (Lipinski definition) is 6. The summed E-state index contributed by atoms with van der Waals surface area (Å²) in [6.07, 6.45) is 6.80. The molecule has 0 bridgehead atoms. The van der Waals surface area contributed by atoms with Crippen molar-refractivity contribution in [1.82, 2.24) is 24.7 Å². The van der Waals surface area contributed by atoms with E-state index in [-0.39, 0.29) is 17.4 Å². The first-order valence-electron chi connectivity index (χ1n) is 6.58. The minimum Gasteiger partial charge on any atom is -0.391 e. The van der Waals surface area contributed by atoms with Crippen molar-refractivity contribution >= 4 is 17.5 Å². The van der Waals surface area contributed by atoms with Crippen molar-refractivity contribution in [1.29, 1.82) is 0 Å². The van der Waals surface area contributed by atoms with E-state index < -0.39 is 0 Å². The topological polar surface area (TPSA) is 88.8 Å². The van der Waals surface area contributed by atoms with Crippen molar-refractivity contribution < 1.29 is 5.11 Å². The van der Waals surface area contributed by atoms with E-state index in [1.54, 1.807) is 18.5 Å². The molecule has 1 saturated carbocycles. The molecule has 106 valence electrons. The summed E-state index contributed by atoms with van der Waals surface area (Å²) in [7, 11) is 0. The lowest BCUT2D eigenvalue weighted by Crippen LogP contribution is -2.37. The summed E-state index contributed by atoms with van der Waals surface area (Å²) in [6, 6.07) is 1.73. The third-order valence-electron chi connectivity index (χ3n) is 3.35. The van der Waals surface area contributed by atoms with Gasteiger partial charge in [0.1, 0.15) is 0 Å². The van der Waals surface area contributed by atoms with Gasteiger partial charge in [-0.2, -0.15) is 20.1 Å². The molecule has 0 radical (unpaired) electrons. The molecule has 8 heteroatoms. The third-order valence-corrected chi connectivity index (χ3v) is 3.52. The number of aliphatic hydroxyl groups is 1. The zero-order valence-electron chi connectivity index (χ0n) is 10.8. The summed E-state index contributed by atoms with van der Waals surface area (Å²) < 4.78 is 1.51. The minimum absolute atomic E-state index is 0.0484. The fourth-order valence-electron chi connectivity index (χ4n) is 2.34. The zero-order chi connectivity index (χ0) is 13.9. The Labute approximate surface area is 121 Å². The summed E-state index contributed by atoms with van der Waals surface area (Å²) in [5.41, 5.74) is 0. The number of nitrogens with zero attached hydrogens (tertiary/aromatic N) is 5. The molecule has 3 rings (SSSR count). The molecule has 0 aliphatic heterocycles. The Morgan fingerprint density at radius 1 is 1.25 bits per heavy atom. The van der Waals surface area contributed by atoms with Gasteiger partial charge in [-0.25, -0.2) is 4.68 Å². The van der Waals surface area contributed by atoms with Crippen LogP contribution in [-0.4, -0.2) is 42.0 Å². The number of hydrogen-bond donors (Lipinski definition) is 2. The van der Waals surface area contributed by atoms with Crippen molar-refractivity contribution in [3.05, 3.63) is 23.7 Å². The van der Waals surface area contributed by atoms with Crippen LogP contribution in [0.2, 0.25) is 5.28 Å². The predicted octanol–water partition coefficient (Wildman–Crippen LogP) is 1.43. The van der Waals surface area contributed by atoms with Crippen molar-refractivity contribution in [2.75, 3.05) is 5.32 Å². The van der Waals surface area contributed by atoms with Gasteiger partial charge in [0.2, 0.25) is 11.2 Å². The molecule has 0 amide bonds. The molecule has 0 aromatic carbocycles. The van der Waals surface area contributed by atoms with Crippen molar-refractivity contribution in [3.63, 3.8) is 0 Å². The highest BCUT2D eigenvalue weighted by molar-refractivity contribution is 6.28. The number of aromatic nitrogens is 5. The van der Waals surface area contributed by atoms with Crippen LogP contribution in [0, 0.1) is 0 Å². The molecule has 1 fully saturated rings. The Hall–Kier alpha value is -1.73. The van der Waals surface area contributed by atoms with Crippen molar-refractivity contribution in [2.24, 2.45) is 0 Å². The molecule has 2 N–H and O–H groups in total. The first-order chi connectivity index (χ1) is 9.72. The standard InChI is InChI=1S/C12H15ClN6O/c13-10-16-11(15-8-4-1-2-5-9(8)20)18-12(17-10)19-7-3-6-14-19/h3,6-9,20H,1-2,4-5H2,(H,15,16,17,18). The highest BCUT2D eigenvalue weighted by Gasteiger charge is 2.24.